The van der Waals surface area contributed by atoms with Crippen molar-refractivity contribution in [1.29, 1.82) is 0 Å². The number of hydrogen-bond donors (Lipinski definition) is 3. The van der Waals surface area contributed by atoms with E-state index in [1.807, 2.05) is 72.8 Å². The lowest BCUT2D eigenvalue weighted by Gasteiger charge is -2.30. The highest BCUT2D eigenvalue weighted by Crippen LogP contribution is 2.37. The number of ether oxygens (including phenoxy) is 2. The van der Waals surface area contributed by atoms with Gasteiger partial charge in [-0.25, -0.2) is 4.79 Å². The highest BCUT2D eigenvalue weighted by molar-refractivity contribution is 9.10. The first-order valence-corrected chi connectivity index (χ1v) is 13.5. The van der Waals surface area contributed by atoms with Crippen LogP contribution in [-0.2, 0) is 33.6 Å². The zero-order chi connectivity index (χ0) is 27.1. The molecule has 2 atom stereocenters. The maximum Gasteiger partial charge on any atom is 0.332 e. The van der Waals surface area contributed by atoms with E-state index in [0.717, 1.165) is 26.9 Å². The topological polar surface area (TPSA) is 88.7 Å². The monoisotopic (exact) mass is 595 g/mol. The normalized spacial score (nSPS) is 16.6. The molecule has 38 heavy (non-hydrogen) atoms. The van der Waals surface area contributed by atoms with Crippen LogP contribution in [0.2, 0.25) is 0 Å². The van der Waals surface area contributed by atoms with Crippen molar-refractivity contribution in [3.63, 3.8) is 0 Å². The van der Waals surface area contributed by atoms with Gasteiger partial charge in [-0.15, -0.1) is 0 Å². The van der Waals surface area contributed by atoms with Crippen molar-refractivity contribution in [1.82, 2.24) is 10.6 Å². The van der Waals surface area contributed by atoms with Gasteiger partial charge in [0.1, 0.15) is 17.3 Å². The Morgan fingerprint density at radius 2 is 1.66 bits per heavy atom. The number of hydrogen-bond acceptors (Lipinski definition) is 5. The predicted octanol–water partition coefficient (Wildman–Crippen LogP) is 4.57. The first-order valence-electron chi connectivity index (χ1n) is 12.3. The number of fused-ring (bicyclic) bond motifs is 1. The molecule has 7 nitrogen and oxygen atoms in total. The van der Waals surface area contributed by atoms with Crippen LogP contribution in [0.5, 0.6) is 5.75 Å². The summed E-state index contributed by atoms with van der Waals surface area (Å²) in [5.74, 6) is -0.156. The van der Waals surface area contributed by atoms with E-state index < -0.39 is 17.6 Å². The molecule has 3 aromatic rings. The molecule has 4 rings (SSSR count). The Bertz CT molecular complexity index is 1310. The van der Waals surface area contributed by atoms with Crippen LogP contribution in [0, 0.1) is 0 Å². The van der Waals surface area contributed by atoms with Crippen LogP contribution >= 0.6 is 28.1 Å². The fourth-order valence-corrected chi connectivity index (χ4v) is 5.43. The number of halogens is 1. The summed E-state index contributed by atoms with van der Waals surface area (Å²) < 4.78 is 11.7. The summed E-state index contributed by atoms with van der Waals surface area (Å²) in [5, 5.41) is 9.63. The van der Waals surface area contributed by atoms with E-state index >= 15 is 0 Å². The van der Waals surface area contributed by atoms with Crippen LogP contribution in [0.25, 0.3) is 0 Å². The molecule has 0 aliphatic heterocycles. The highest BCUT2D eigenvalue weighted by atomic mass is 79.9. The Labute approximate surface area is 236 Å². The number of amides is 1. The smallest absolute Gasteiger partial charge is 0.332 e. The van der Waals surface area contributed by atoms with E-state index in [-0.39, 0.29) is 12.5 Å². The first kappa shape index (κ1) is 27.6. The molecule has 0 spiro atoms. The molecule has 1 amide bonds. The van der Waals surface area contributed by atoms with E-state index in [9.17, 15) is 9.59 Å². The van der Waals surface area contributed by atoms with E-state index in [2.05, 4.69) is 31.9 Å². The first-order chi connectivity index (χ1) is 18.3. The third kappa shape index (κ3) is 6.52. The van der Waals surface area contributed by atoms with Crippen molar-refractivity contribution < 1.29 is 19.1 Å². The lowest BCUT2D eigenvalue weighted by Crippen LogP contribution is -2.61. The number of thiocarbonyl (C=S) groups is 1. The summed E-state index contributed by atoms with van der Waals surface area (Å²) >= 11 is 9.06. The van der Waals surface area contributed by atoms with E-state index in [0.29, 0.717) is 30.1 Å². The fourth-order valence-electron chi connectivity index (χ4n) is 4.62. The number of anilines is 1. The molecule has 0 bridgehead atoms. The average molecular weight is 597 g/mol. The Kier molecular flexibility index (Phi) is 9.01. The maximum absolute atomic E-state index is 13.8. The molecule has 0 heterocycles. The minimum atomic E-state index is -1.24. The second-order valence-corrected chi connectivity index (χ2v) is 10.4. The van der Waals surface area contributed by atoms with Gasteiger partial charge in [0, 0.05) is 24.9 Å². The molecule has 1 aliphatic rings. The van der Waals surface area contributed by atoms with Crippen molar-refractivity contribution in [2.24, 2.45) is 0 Å². The van der Waals surface area contributed by atoms with Gasteiger partial charge in [-0.2, -0.15) is 0 Å². The van der Waals surface area contributed by atoms with Crippen molar-refractivity contribution in [2.45, 2.75) is 37.8 Å². The van der Waals surface area contributed by atoms with E-state index in [1.165, 1.54) is 0 Å². The molecule has 1 aliphatic carbocycles. The fraction of sp³-hybridized carbons (Fsp3) is 0.276. The van der Waals surface area contributed by atoms with Gasteiger partial charge >= 0.3 is 5.97 Å². The Morgan fingerprint density at radius 3 is 2.29 bits per heavy atom. The number of rotatable bonds is 9. The summed E-state index contributed by atoms with van der Waals surface area (Å²) in [6.07, 6.45) is 0.968. The van der Waals surface area contributed by atoms with Gasteiger partial charge in [0.15, 0.2) is 5.11 Å². The minimum absolute atomic E-state index is 0.205. The predicted molar refractivity (Wildman–Crippen MR) is 155 cm³/mol. The van der Waals surface area contributed by atoms with Gasteiger partial charge < -0.3 is 25.4 Å². The number of methoxy groups -OCH3 is 1. The zero-order valence-corrected chi connectivity index (χ0v) is 23.7. The highest BCUT2D eigenvalue weighted by Gasteiger charge is 2.47. The molecule has 0 fully saturated rings. The van der Waals surface area contributed by atoms with Gasteiger partial charge in [-0.05, 0) is 76.0 Å². The minimum Gasteiger partial charge on any atom is -0.496 e. The number of nitrogens with one attached hydrogen (secondary N) is 3. The maximum atomic E-state index is 13.8. The van der Waals surface area contributed by atoms with Crippen molar-refractivity contribution in [3.8, 4) is 5.75 Å². The molecule has 0 aromatic heterocycles. The molecule has 0 unspecified atom stereocenters. The SMILES string of the molecule is CCOC(=O)[C@@]1(NC(=O)[C@H](Cc2ccccc2)NC(=S)Nc2ccccc2)Cc2cc(Br)c(OC)cc2C1. The largest absolute Gasteiger partial charge is 0.496 e. The van der Waals surface area contributed by atoms with Gasteiger partial charge in [-0.3, -0.25) is 4.79 Å². The van der Waals surface area contributed by atoms with Gasteiger partial charge in [0.2, 0.25) is 5.91 Å². The summed E-state index contributed by atoms with van der Waals surface area (Å²) in [7, 11) is 1.59. The lowest BCUT2D eigenvalue weighted by molar-refractivity contribution is -0.153. The summed E-state index contributed by atoms with van der Waals surface area (Å²) in [5.41, 5.74) is 2.38. The van der Waals surface area contributed by atoms with Crippen LogP contribution in [-0.4, -0.2) is 42.3 Å². The lowest BCUT2D eigenvalue weighted by atomic mass is 9.94. The van der Waals surface area contributed by atoms with Crippen LogP contribution < -0.4 is 20.7 Å². The number of carbonyl (C=O) groups is 2. The zero-order valence-electron chi connectivity index (χ0n) is 21.3. The van der Waals surface area contributed by atoms with Crippen molar-refractivity contribution >= 4 is 50.8 Å². The third-order valence-electron chi connectivity index (χ3n) is 6.42. The molecule has 3 N–H and O–H groups in total. The number of carbonyl (C=O) groups excluding carboxylic acids is 2. The standard InChI is InChI=1S/C29H30BrN3O4S/c1-3-37-27(35)29(17-20-15-23(30)25(36-2)16-21(20)18-29)33-26(34)24(14-19-10-6-4-7-11-19)32-28(38)31-22-12-8-5-9-13-22/h4-13,15-16,24H,3,14,17-18H2,1-2H3,(H,33,34)(H2,31,32,38)/t24-,29+/m0/s1. The summed E-state index contributed by atoms with van der Waals surface area (Å²) in [4.78, 5) is 27.2. The summed E-state index contributed by atoms with van der Waals surface area (Å²) in [6, 6.07) is 22.2. The van der Waals surface area contributed by atoms with Crippen molar-refractivity contribution in [2.75, 3.05) is 19.0 Å². The number of esters is 1. The van der Waals surface area contributed by atoms with Crippen LogP contribution in [0.4, 0.5) is 5.69 Å². The Hall–Kier alpha value is -3.43. The second kappa shape index (κ2) is 12.4. The average Bonchev–Trinajstić information content (AvgIpc) is 3.27. The second-order valence-electron chi connectivity index (χ2n) is 9.11. The number of para-hydroxylation sites is 1. The van der Waals surface area contributed by atoms with Crippen LogP contribution in [0.15, 0.2) is 77.3 Å². The van der Waals surface area contributed by atoms with E-state index in [4.69, 9.17) is 21.7 Å². The molecular formula is C29H30BrN3O4S. The molecule has 3 aromatic carbocycles. The van der Waals surface area contributed by atoms with Gasteiger partial charge in [0.25, 0.3) is 0 Å². The summed E-state index contributed by atoms with van der Waals surface area (Å²) in [6.45, 7) is 1.96. The van der Waals surface area contributed by atoms with Crippen LogP contribution in [0.3, 0.4) is 0 Å². The Balaban J connectivity index is 1.59. The van der Waals surface area contributed by atoms with Crippen molar-refractivity contribution in [3.05, 3.63) is 94.0 Å². The molecular weight excluding hydrogens is 566 g/mol. The third-order valence-corrected chi connectivity index (χ3v) is 7.26. The quantitative estimate of drug-likeness (QED) is 0.247. The molecule has 9 heteroatoms. The number of benzene rings is 3. The molecule has 0 saturated carbocycles. The molecule has 0 saturated heterocycles. The van der Waals surface area contributed by atoms with Crippen LogP contribution in [0.1, 0.15) is 23.6 Å². The van der Waals surface area contributed by atoms with E-state index in [1.54, 1.807) is 14.0 Å². The molecule has 0 radical (unpaired) electrons. The van der Waals surface area contributed by atoms with Gasteiger partial charge in [-0.1, -0.05) is 48.5 Å². The van der Waals surface area contributed by atoms with Gasteiger partial charge in [0.05, 0.1) is 18.2 Å². The Morgan fingerprint density at radius 1 is 1.03 bits per heavy atom. The molecule has 198 valence electrons.